The number of benzene rings is 3. The van der Waals surface area contributed by atoms with Crippen molar-refractivity contribution in [3.05, 3.63) is 108 Å². The van der Waals surface area contributed by atoms with Gasteiger partial charge in [0.2, 0.25) is 11.8 Å². The zero-order valence-electron chi connectivity index (χ0n) is 22.2. The molecule has 2 amide bonds. The molecule has 4 aromatic rings. The molecule has 7 heteroatoms. The third kappa shape index (κ3) is 6.55. The topological polar surface area (TPSA) is 65.6 Å². The summed E-state index contributed by atoms with van der Waals surface area (Å²) in [5.74, 6) is -0.387. The number of para-hydroxylation sites is 1. The number of amides is 2. The van der Waals surface area contributed by atoms with Crippen LogP contribution in [0.15, 0.2) is 85.1 Å². The van der Waals surface area contributed by atoms with E-state index >= 15 is 0 Å². The highest BCUT2D eigenvalue weighted by atomic mass is 19.1. The molecule has 2 atom stereocenters. The van der Waals surface area contributed by atoms with Crippen LogP contribution in [0.4, 0.5) is 4.39 Å². The number of ether oxygens (including phenoxy) is 1. The molecule has 1 N–H and O–H groups in total. The van der Waals surface area contributed by atoms with Gasteiger partial charge in [-0.25, -0.2) is 4.39 Å². The molecule has 1 aliphatic rings. The number of fused-ring (bicyclic) bond motifs is 1. The van der Waals surface area contributed by atoms with Crippen molar-refractivity contribution in [1.29, 1.82) is 0 Å². The maximum Gasteiger partial charge on any atom is 0.242 e. The highest BCUT2D eigenvalue weighted by molar-refractivity contribution is 5.88. The van der Waals surface area contributed by atoms with Crippen LogP contribution in [-0.2, 0) is 27.3 Å². The number of halogens is 1. The Bertz CT molecular complexity index is 1400. The van der Waals surface area contributed by atoms with E-state index in [4.69, 9.17) is 4.74 Å². The standard InChI is InChI=1S/C32H34FN3O3/c1-39-18-17-36(32(38)29-19-28(29)24-7-3-2-4-8-24)22-31(37)35(21-23-11-13-26(33)14-12-23)16-15-25-20-34-30-10-6-5-9-27(25)30/h2-14,20,28-29,34H,15-19,21-22H2,1H3/t28-,29?/m0/s1. The summed E-state index contributed by atoms with van der Waals surface area (Å²) in [7, 11) is 1.59. The van der Waals surface area contributed by atoms with E-state index in [1.807, 2.05) is 42.6 Å². The maximum absolute atomic E-state index is 13.7. The molecule has 0 aliphatic heterocycles. The number of carbonyl (C=O) groups is 2. The fraction of sp³-hybridized carbons (Fsp3) is 0.312. The molecule has 5 rings (SSSR count). The number of aromatic nitrogens is 1. The smallest absolute Gasteiger partial charge is 0.242 e. The molecule has 0 radical (unpaired) electrons. The van der Waals surface area contributed by atoms with Gasteiger partial charge in [0.15, 0.2) is 0 Å². The van der Waals surface area contributed by atoms with E-state index in [0.717, 1.165) is 34.0 Å². The predicted octanol–water partition coefficient (Wildman–Crippen LogP) is 5.16. The highest BCUT2D eigenvalue weighted by Gasteiger charge is 2.46. The van der Waals surface area contributed by atoms with E-state index in [2.05, 4.69) is 23.2 Å². The fourth-order valence-corrected chi connectivity index (χ4v) is 5.20. The van der Waals surface area contributed by atoms with Crippen LogP contribution in [0, 0.1) is 11.7 Å². The maximum atomic E-state index is 13.7. The van der Waals surface area contributed by atoms with Crippen molar-refractivity contribution < 1.29 is 18.7 Å². The van der Waals surface area contributed by atoms with Gasteiger partial charge in [-0.1, -0.05) is 60.7 Å². The van der Waals surface area contributed by atoms with E-state index in [1.165, 1.54) is 12.1 Å². The van der Waals surface area contributed by atoms with Crippen molar-refractivity contribution in [1.82, 2.24) is 14.8 Å². The van der Waals surface area contributed by atoms with Crippen molar-refractivity contribution in [2.75, 3.05) is 33.4 Å². The molecule has 1 fully saturated rings. The number of carbonyl (C=O) groups excluding carboxylic acids is 2. The molecule has 0 bridgehead atoms. The third-order valence-electron chi connectivity index (χ3n) is 7.50. The van der Waals surface area contributed by atoms with Crippen LogP contribution in [0.3, 0.4) is 0 Å². The molecule has 1 saturated carbocycles. The van der Waals surface area contributed by atoms with Crippen molar-refractivity contribution >= 4 is 22.7 Å². The number of H-pyrrole nitrogens is 1. The van der Waals surface area contributed by atoms with Gasteiger partial charge in [0.05, 0.1) is 13.2 Å². The Balaban J connectivity index is 1.31. The normalized spacial score (nSPS) is 16.3. The lowest BCUT2D eigenvalue weighted by Gasteiger charge is -2.28. The van der Waals surface area contributed by atoms with Crippen LogP contribution in [0.5, 0.6) is 0 Å². The lowest BCUT2D eigenvalue weighted by Crippen LogP contribution is -2.45. The Labute approximate surface area is 228 Å². The van der Waals surface area contributed by atoms with Gasteiger partial charge >= 0.3 is 0 Å². The van der Waals surface area contributed by atoms with Crippen molar-refractivity contribution in [3.8, 4) is 0 Å². The number of aromatic amines is 1. The first-order chi connectivity index (χ1) is 19.0. The molecule has 3 aromatic carbocycles. The summed E-state index contributed by atoms with van der Waals surface area (Å²) in [5, 5.41) is 1.13. The van der Waals surface area contributed by atoms with Crippen molar-refractivity contribution in [2.45, 2.75) is 25.3 Å². The average Bonchev–Trinajstić information content (AvgIpc) is 3.67. The molecule has 0 spiro atoms. The Kier molecular flexibility index (Phi) is 8.37. The Morgan fingerprint density at radius 1 is 0.949 bits per heavy atom. The molecule has 1 unspecified atom stereocenters. The van der Waals surface area contributed by atoms with Crippen LogP contribution in [0.2, 0.25) is 0 Å². The number of nitrogens with one attached hydrogen (secondary N) is 1. The van der Waals surface area contributed by atoms with Gasteiger partial charge in [0, 0.05) is 49.8 Å². The van der Waals surface area contributed by atoms with Gasteiger partial charge in [-0.2, -0.15) is 0 Å². The van der Waals surface area contributed by atoms with Crippen LogP contribution in [0.25, 0.3) is 10.9 Å². The second kappa shape index (κ2) is 12.3. The molecule has 202 valence electrons. The Hall–Kier alpha value is -3.97. The number of hydrogen-bond acceptors (Lipinski definition) is 3. The summed E-state index contributed by atoms with van der Waals surface area (Å²) in [6, 6.07) is 24.3. The number of methoxy groups -OCH3 is 1. The fourth-order valence-electron chi connectivity index (χ4n) is 5.20. The summed E-state index contributed by atoms with van der Waals surface area (Å²) < 4.78 is 18.8. The first kappa shape index (κ1) is 26.6. The summed E-state index contributed by atoms with van der Waals surface area (Å²) in [6.45, 7) is 1.50. The molecule has 1 heterocycles. The first-order valence-electron chi connectivity index (χ1n) is 13.4. The van der Waals surface area contributed by atoms with Crippen LogP contribution >= 0.6 is 0 Å². The molecule has 39 heavy (non-hydrogen) atoms. The van der Waals surface area contributed by atoms with Crippen molar-refractivity contribution in [2.24, 2.45) is 5.92 Å². The molecular weight excluding hydrogens is 493 g/mol. The molecule has 1 aliphatic carbocycles. The SMILES string of the molecule is COCCN(CC(=O)N(CCc1c[nH]c2ccccc12)Cc1ccc(F)cc1)C(=O)C1C[C@H]1c1ccccc1. The minimum atomic E-state index is -0.316. The minimum absolute atomic E-state index is 0.00684. The minimum Gasteiger partial charge on any atom is -0.383 e. The second-order valence-electron chi connectivity index (χ2n) is 10.2. The van der Waals surface area contributed by atoms with Crippen molar-refractivity contribution in [3.63, 3.8) is 0 Å². The monoisotopic (exact) mass is 527 g/mol. The van der Waals surface area contributed by atoms with Gasteiger partial charge in [0.25, 0.3) is 0 Å². The van der Waals surface area contributed by atoms with Gasteiger partial charge in [-0.3, -0.25) is 9.59 Å². The lowest BCUT2D eigenvalue weighted by atomic mass is 10.1. The van der Waals surface area contributed by atoms with Gasteiger partial charge in [-0.15, -0.1) is 0 Å². The highest BCUT2D eigenvalue weighted by Crippen LogP contribution is 2.48. The van der Waals surface area contributed by atoms with E-state index in [1.54, 1.807) is 29.0 Å². The van der Waals surface area contributed by atoms with E-state index in [-0.39, 0.29) is 36.0 Å². The number of rotatable bonds is 12. The van der Waals surface area contributed by atoms with Crippen LogP contribution in [0.1, 0.15) is 29.0 Å². The summed E-state index contributed by atoms with van der Waals surface area (Å²) in [5.41, 5.74) is 4.17. The largest absolute Gasteiger partial charge is 0.383 e. The van der Waals surface area contributed by atoms with Crippen LogP contribution in [-0.4, -0.2) is 59.9 Å². The predicted molar refractivity (Wildman–Crippen MR) is 150 cm³/mol. The zero-order chi connectivity index (χ0) is 27.2. The molecule has 1 aromatic heterocycles. The van der Waals surface area contributed by atoms with Gasteiger partial charge < -0.3 is 19.5 Å². The molecule has 6 nitrogen and oxygen atoms in total. The van der Waals surface area contributed by atoms with Gasteiger partial charge in [-0.05, 0) is 53.6 Å². The second-order valence-corrected chi connectivity index (χ2v) is 10.2. The number of nitrogens with zero attached hydrogens (tertiary/aromatic N) is 2. The molecular formula is C32H34FN3O3. The quantitative estimate of drug-likeness (QED) is 0.277. The summed E-state index contributed by atoms with van der Waals surface area (Å²) in [4.78, 5) is 33.9. The van der Waals surface area contributed by atoms with E-state index < -0.39 is 0 Å². The van der Waals surface area contributed by atoms with Crippen LogP contribution < -0.4 is 0 Å². The van der Waals surface area contributed by atoms with E-state index in [9.17, 15) is 14.0 Å². The van der Waals surface area contributed by atoms with Gasteiger partial charge in [0.1, 0.15) is 5.82 Å². The Morgan fingerprint density at radius 3 is 2.46 bits per heavy atom. The lowest BCUT2D eigenvalue weighted by molar-refractivity contribution is -0.142. The average molecular weight is 528 g/mol. The number of hydrogen-bond donors (Lipinski definition) is 1. The first-order valence-corrected chi connectivity index (χ1v) is 13.4. The summed E-state index contributed by atoms with van der Waals surface area (Å²) in [6.07, 6.45) is 3.43. The molecule has 0 saturated heterocycles. The Morgan fingerprint density at radius 2 is 1.69 bits per heavy atom. The summed E-state index contributed by atoms with van der Waals surface area (Å²) >= 11 is 0. The zero-order valence-corrected chi connectivity index (χ0v) is 22.2. The van der Waals surface area contributed by atoms with E-state index in [0.29, 0.717) is 32.7 Å². The third-order valence-corrected chi connectivity index (χ3v) is 7.50.